The van der Waals surface area contributed by atoms with Crippen LogP contribution in [0.2, 0.25) is 0 Å². The van der Waals surface area contributed by atoms with Crippen molar-refractivity contribution in [2.75, 3.05) is 45.9 Å². The fourth-order valence-corrected chi connectivity index (χ4v) is 9.02. The van der Waals surface area contributed by atoms with Crippen LogP contribution in [0, 0.1) is 18.8 Å². The van der Waals surface area contributed by atoms with Crippen molar-refractivity contribution < 1.29 is 33.4 Å². The van der Waals surface area contributed by atoms with Gasteiger partial charge in [0, 0.05) is 50.2 Å². The van der Waals surface area contributed by atoms with E-state index in [1.807, 2.05) is 73.9 Å². The van der Waals surface area contributed by atoms with Gasteiger partial charge in [-0.3, -0.25) is 14.5 Å². The smallest absolute Gasteiger partial charge is 0.410 e. The van der Waals surface area contributed by atoms with Crippen molar-refractivity contribution in [3.63, 3.8) is 0 Å². The summed E-state index contributed by atoms with van der Waals surface area (Å²) in [6.07, 6.45) is 4.21. The molecular formula is C46H58N4O7. The van der Waals surface area contributed by atoms with Crippen LogP contribution in [0.4, 0.5) is 9.59 Å². The fourth-order valence-electron chi connectivity index (χ4n) is 9.02. The molecule has 3 aromatic rings. The molecule has 0 unspecified atom stereocenters. The number of rotatable bonds is 10. The van der Waals surface area contributed by atoms with Crippen molar-refractivity contribution in [2.45, 2.75) is 96.7 Å². The van der Waals surface area contributed by atoms with Crippen LogP contribution in [0.25, 0.3) is 11.1 Å². The molecule has 3 aromatic carbocycles. The summed E-state index contributed by atoms with van der Waals surface area (Å²) >= 11 is 0. The number of likely N-dealkylation sites (tertiary alicyclic amines) is 3. The average Bonchev–Trinajstić information content (AvgIpc) is 3.95. The van der Waals surface area contributed by atoms with E-state index < -0.39 is 23.8 Å². The van der Waals surface area contributed by atoms with Crippen molar-refractivity contribution in [2.24, 2.45) is 11.8 Å². The van der Waals surface area contributed by atoms with Gasteiger partial charge in [0.2, 0.25) is 5.91 Å². The molecule has 3 heterocycles. The van der Waals surface area contributed by atoms with Gasteiger partial charge in [0.15, 0.2) is 0 Å². The minimum Gasteiger partial charge on any atom is -0.494 e. The van der Waals surface area contributed by atoms with E-state index in [-0.39, 0.29) is 37.0 Å². The molecule has 1 N–H and O–H groups in total. The maximum atomic E-state index is 13.8. The summed E-state index contributed by atoms with van der Waals surface area (Å²) in [5.74, 6) is 1.22. The number of nitrogens with one attached hydrogen (secondary N) is 1. The molecule has 3 saturated heterocycles. The average molecular weight is 779 g/mol. The third-order valence-corrected chi connectivity index (χ3v) is 12.2. The summed E-state index contributed by atoms with van der Waals surface area (Å²) in [5, 5.41) is 3.12. The molecule has 11 nitrogen and oxygen atoms in total. The fraction of sp³-hybridized carbons (Fsp3) is 0.522. The van der Waals surface area contributed by atoms with E-state index in [0.717, 1.165) is 59.9 Å². The summed E-state index contributed by atoms with van der Waals surface area (Å²) in [6, 6.07) is 20.8. The largest absolute Gasteiger partial charge is 0.494 e. The van der Waals surface area contributed by atoms with E-state index in [9.17, 15) is 19.2 Å². The number of fused-ring (bicyclic) bond motifs is 3. The third kappa shape index (κ3) is 9.24. The zero-order valence-electron chi connectivity index (χ0n) is 34.1. The lowest BCUT2D eigenvalue weighted by atomic mass is 9.84. The molecule has 304 valence electrons. The molecule has 11 heteroatoms. The van der Waals surface area contributed by atoms with Gasteiger partial charge in [-0.05, 0) is 124 Å². The predicted octanol–water partition coefficient (Wildman–Crippen LogP) is 7.79. The number of hydrogen-bond acceptors (Lipinski definition) is 7. The lowest BCUT2D eigenvalue weighted by molar-refractivity contribution is -0.134. The summed E-state index contributed by atoms with van der Waals surface area (Å²) in [5.41, 5.74) is 5.35. The first-order valence-electron chi connectivity index (χ1n) is 20.8. The molecule has 57 heavy (non-hydrogen) atoms. The molecule has 7 rings (SSSR count). The molecule has 4 aliphatic rings. The molecule has 0 aromatic heterocycles. The quantitative estimate of drug-likeness (QED) is 0.223. The molecule has 3 atom stereocenters. The van der Waals surface area contributed by atoms with Gasteiger partial charge in [0.25, 0.3) is 5.91 Å². The second-order valence-electron chi connectivity index (χ2n) is 17.3. The van der Waals surface area contributed by atoms with Crippen LogP contribution < -0.4 is 10.1 Å². The molecule has 4 amide bonds. The van der Waals surface area contributed by atoms with Crippen LogP contribution in [0.5, 0.6) is 5.75 Å². The molecular weight excluding hydrogens is 721 g/mol. The third-order valence-electron chi connectivity index (χ3n) is 12.2. The highest BCUT2D eigenvalue weighted by Gasteiger charge is 2.44. The highest BCUT2D eigenvalue weighted by molar-refractivity contribution is 5.96. The Kier molecular flexibility index (Phi) is 12.1. The second-order valence-corrected chi connectivity index (χ2v) is 17.3. The number of carbonyl (C=O) groups excluding carboxylic acids is 4. The Bertz CT molecular complexity index is 1900. The lowest BCUT2D eigenvalue weighted by Crippen LogP contribution is -2.47. The first-order chi connectivity index (χ1) is 27.4. The maximum absolute atomic E-state index is 13.8. The Labute approximate surface area is 337 Å². The summed E-state index contributed by atoms with van der Waals surface area (Å²) < 4.78 is 17.7. The topological polar surface area (TPSA) is 118 Å². The molecule has 3 fully saturated rings. The van der Waals surface area contributed by atoms with Gasteiger partial charge >= 0.3 is 12.2 Å². The van der Waals surface area contributed by atoms with Crippen LogP contribution in [0.1, 0.15) is 99.2 Å². The SMILES string of the molecule is Cc1cc(OCC[C@@H](C)C2CCN(C(=O)OC(C)(C)C)CC2)ccc1C(=O)N[C@H]1C[C@@H](C(=O)N2CCCC2)N(C(=O)OCC2c3ccccc3-c3ccccc32)C1. The van der Waals surface area contributed by atoms with Crippen LogP contribution in [-0.2, 0) is 14.3 Å². The van der Waals surface area contributed by atoms with E-state index in [2.05, 4.69) is 36.5 Å². The first kappa shape index (κ1) is 40.1. The summed E-state index contributed by atoms with van der Waals surface area (Å²) in [6.45, 7) is 13.5. The van der Waals surface area contributed by atoms with Crippen molar-refractivity contribution in [3.05, 3.63) is 89.0 Å². The van der Waals surface area contributed by atoms with Gasteiger partial charge in [-0.15, -0.1) is 0 Å². The Morgan fingerprint density at radius 2 is 1.49 bits per heavy atom. The maximum Gasteiger partial charge on any atom is 0.410 e. The van der Waals surface area contributed by atoms with Crippen molar-refractivity contribution >= 4 is 24.0 Å². The van der Waals surface area contributed by atoms with E-state index in [4.69, 9.17) is 14.2 Å². The normalized spacial score (nSPS) is 20.2. The summed E-state index contributed by atoms with van der Waals surface area (Å²) in [4.78, 5) is 58.9. The minimum atomic E-state index is -0.708. The van der Waals surface area contributed by atoms with Crippen LogP contribution in [-0.4, -0.2) is 102 Å². The van der Waals surface area contributed by atoms with Gasteiger partial charge in [-0.2, -0.15) is 0 Å². The predicted molar refractivity (Wildman–Crippen MR) is 218 cm³/mol. The number of carbonyl (C=O) groups is 4. The Balaban J connectivity index is 0.924. The van der Waals surface area contributed by atoms with Crippen molar-refractivity contribution in [3.8, 4) is 16.9 Å². The Morgan fingerprint density at radius 3 is 2.12 bits per heavy atom. The molecule has 0 radical (unpaired) electrons. The zero-order valence-corrected chi connectivity index (χ0v) is 34.1. The second kappa shape index (κ2) is 17.2. The number of aryl methyl sites for hydroxylation is 1. The molecule has 0 saturated carbocycles. The number of nitrogens with zero attached hydrogens (tertiary/aromatic N) is 3. The number of piperidine rings is 1. The van der Waals surface area contributed by atoms with Crippen LogP contribution >= 0.6 is 0 Å². The monoisotopic (exact) mass is 778 g/mol. The van der Waals surface area contributed by atoms with Crippen LogP contribution in [0.3, 0.4) is 0 Å². The van der Waals surface area contributed by atoms with Gasteiger partial charge < -0.3 is 29.3 Å². The van der Waals surface area contributed by atoms with E-state index >= 15 is 0 Å². The lowest BCUT2D eigenvalue weighted by Gasteiger charge is -2.35. The molecule has 0 bridgehead atoms. The molecule has 3 aliphatic heterocycles. The molecule has 0 spiro atoms. The number of amides is 4. The molecule has 1 aliphatic carbocycles. The van der Waals surface area contributed by atoms with Gasteiger partial charge in [-0.25, -0.2) is 9.59 Å². The Hall–Kier alpha value is -5.06. The first-order valence-corrected chi connectivity index (χ1v) is 20.8. The van der Waals surface area contributed by atoms with Gasteiger partial charge in [0.05, 0.1) is 6.61 Å². The van der Waals surface area contributed by atoms with Crippen molar-refractivity contribution in [1.82, 2.24) is 20.0 Å². The van der Waals surface area contributed by atoms with Crippen LogP contribution in [0.15, 0.2) is 66.7 Å². The number of ether oxygens (including phenoxy) is 3. The summed E-state index contributed by atoms with van der Waals surface area (Å²) in [7, 11) is 0. The number of hydrogen-bond donors (Lipinski definition) is 1. The zero-order chi connectivity index (χ0) is 40.3. The standard InChI is InChI=1S/C46H58N4O7/c1-30(32-18-23-49(24-19-32)44(53)57-46(3,4)5)20-25-55-34-16-17-35(31(2)26-34)42(51)47-33-27-41(43(52)48-21-10-11-22-48)50(28-33)45(54)56-29-40-38-14-8-6-12-36(38)37-13-7-9-15-39(37)40/h6-9,12-17,26,30,32-33,40-41H,10-11,18-25,27-29H2,1-5H3,(H,47,51)/t30-,33+,41+/m1/s1. The highest BCUT2D eigenvalue weighted by Crippen LogP contribution is 2.44. The van der Waals surface area contributed by atoms with E-state index in [1.54, 1.807) is 6.07 Å². The Morgan fingerprint density at radius 1 is 0.842 bits per heavy atom. The van der Waals surface area contributed by atoms with Crippen molar-refractivity contribution in [1.29, 1.82) is 0 Å². The minimum absolute atomic E-state index is 0.0870. The highest BCUT2D eigenvalue weighted by atomic mass is 16.6. The van der Waals surface area contributed by atoms with E-state index in [1.165, 1.54) is 4.90 Å². The number of benzene rings is 3. The van der Waals surface area contributed by atoms with Gasteiger partial charge in [0.1, 0.15) is 24.0 Å². The van der Waals surface area contributed by atoms with Gasteiger partial charge in [-0.1, -0.05) is 55.5 Å². The van der Waals surface area contributed by atoms with E-state index in [0.29, 0.717) is 62.4 Å².